The SMILES string of the molecule is C=C[CH]CCCCCCCCCC. The molecule has 0 spiro atoms. The Morgan fingerprint density at radius 1 is 0.846 bits per heavy atom. The van der Waals surface area contributed by atoms with Gasteiger partial charge in [-0.2, -0.15) is 0 Å². The second-order valence-electron chi connectivity index (χ2n) is 3.73. The molecule has 0 heteroatoms. The molecule has 0 N–H and O–H groups in total. The molecule has 0 saturated carbocycles. The van der Waals surface area contributed by atoms with Crippen LogP contribution in [0.1, 0.15) is 64.7 Å². The zero-order chi connectivity index (χ0) is 9.78. The maximum absolute atomic E-state index is 3.67. The van der Waals surface area contributed by atoms with Crippen molar-refractivity contribution >= 4 is 0 Å². The number of hydrogen-bond donors (Lipinski definition) is 0. The quantitative estimate of drug-likeness (QED) is 0.420. The highest BCUT2D eigenvalue weighted by Crippen LogP contribution is 2.09. The molecule has 0 fully saturated rings. The normalized spacial score (nSPS) is 10.2. The molecule has 0 aliphatic rings. The van der Waals surface area contributed by atoms with E-state index >= 15 is 0 Å². The van der Waals surface area contributed by atoms with Gasteiger partial charge in [0.25, 0.3) is 0 Å². The van der Waals surface area contributed by atoms with Crippen molar-refractivity contribution in [1.82, 2.24) is 0 Å². The molecular weight excluding hydrogens is 156 g/mol. The standard InChI is InChI=1S/C13H25/c1-3-5-7-9-11-13-12-10-8-6-4-2/h3,5H,1,4,6-13H2,2H3. The van der Waals surface area contributed by atoms with Gasteiger partial charge in [-0.15, -0.1) is 6.58 Å². The minimum Gasteiger partial charge on any atom is -0.103 e. The summed E-state index contributed by atoms with van der Waals surface area (Å²) in [5.74, 6) is 0. The zero-order valence-corrected chi connectivity index (χ0v) is 9.23. The molecule has 1 radical (unpaired) electrons. The molecule has 13 heavy (non-hydrogen) atoms. The van der Waals surface area contributed by atoms with Gasteiger partial charge in [0.05, 0.1) is 0 Å². The second kappa shape index (κ2) is 11.7. The van der Waals surface area contributed by atoms with Crippen LogP contribution in [0.4, 0.5) is 0 Å². The van der Waals surface area contributed by atoms with Crippen molar-refractivity contribution in [3.8, 4) is 0 Å². The van der Waals surface area contributed by atoms with Crippen LogP contribution in [0, 0.1) is 6.42 Å². The van der Waals surface area contributed by atoms with Crippen molar-refractivity contribution in [2.75, 3.05) is 0 Å². The second-order valence-corrected chi connectivity index (χ2v) is 3.73. The lowest BCUT2D eigenvalue weighted by Crippen LogP contribution is -1.80. The van der Waals surface area contributed by atoms with Crippen molar-refractivity contribution in [3.63, 3.8) is 0 Å². The van der Waals surface area contributed by atoms with Crippen molar-refractivity contribution in [2.24, 2.45) is 0 Å². The van der Waals surface area contributed by atoms with Crippen LogP contribution >= 0.6 is 0 Å². The predicted octanol–water partition coefficient (Wildman–Crippen LogP) is 4.91. The van der Waals surface area contributed by atoms with Crippen LogP contribution in [-0.2, 0) is 0 Å². The highest BCUT2D eigenvalue weighted by molar-refractivity contribution is 4.85. The van der Waals surface area contributed by atoms with E-state index in [1.807, 2.05) is 6.08 Å². The van der Waals surface area contributed by atoms with Crippen molar-refractivity contribution in [2.45, 2.75) is 64.7 Å². The van der Waals surface area contributed by atoms with Crippen LogP contribution in [-0.4, -0.2) is 0 Å². The molecule has 0 rings (SSSR count). The Bertz CT molecular complexity index is 94.2. The van der Waals surface area contributed by atoms with Crippen LogP contribution in [0.5, 0.6) is 0 Å². The molecule has 0 unspecified atom stereocenters. The zero-order valence-electron chi connectivity index (χ0n) is 9.23. The molecule has 0 amide bonds. The molecule has 0 bridgehead atoms. The van der Waals surface area contributed by atoms with E-state index in [-0.39, 0.29) is 0 Å². The molecule has 0 aromatic carbocycles. The van der Waals surface area contributed by atoms with E-state index in [2.05, 4.69) is 19.9 Å². The fourth-order valence-electron chi connectivity index (χ4n) is 1.51. The highest BCUT2D eigenvalue weighted by Gasteiger charge is 1.90. The molecule has 0 atom stereocenters. The molecule has 0 aromatic rings. The van der Waals surface area contributed by atoms with Crippen LogP contribution in [0.25, 0.3) is 0 Å². The lowest BCUT2D eigenvalue weighted by atomic mass is 10.1. The Morgan fingerprint density at radius 2 is 1.38 bits per heavy atom. The summed E-state index contributed by atoms with van der Waals surface area (Å²) in [6, 6.07) is 0. The smallest absolute Gasteiger partial charge is 0.0173 e. The number of rotatable bonds is 10. The highest BCUT2D eigenvalue weighted by atomic mass is 14.0. The Kier molecular flexibility index (Phi) is 11.5. The van der Waals surface area contributed by atoms with Crippen molar-refractivity contribution in [3.05, 3.63) is 19.1 Å². The third kappa shape index (κ3) is 11.7. The monoisotopic (exact) mass is 181 g/mol. The first-order valence-electron chi connectivity index (χ1n) is 5.86. The molecule has 0 saturated heterocycles. The summed E-state index contributed by atoms with van der Waals surface area (Å²) in [4.78, 5) is 0. The minimum atomic E-state index is 1.22. The summed E-state index contributed by atoms with van der Waals surface area (Å²) in [5, 5.41) is 0. The Hall–Kier alpha value is -0.260. The third-order valence-electron chi connectivity index (χ3n) is 2.39. The van der Waals surface area contributed by atoms with Gasteiger partial charge in [-0.3, -0.25) is 0 Å². The molecule has 0 aliphatic carbocycles. The van der Waals surface area contributed by atoms with Gasteiger partial charge >= 0.3 is 0 Å². The first-order valence-corrected chi connectivity index (χ1v) is 5.86. The average Bonchev–Trinajstić information content (AvgIpc) is 2.16. The Balaban J connectivity index is 2.79. The Labute approximate surface area is 84.4 Å². The number of unbranched alkanes of at least 4 members (excludes halogenated alkanes) is 9. The van der Waals surface area contributed by atoms with Gasteiger partial charge in [-0.05, 0) is 12.8 Å². The topological polar surface area (TPSA) is 0 Å². The van der Waals surface area contributed by atoms with E-state index in [1.165, 1.54) is 57.8 Å². The summed E-state index contributed by atoms with van der Waals surface area (Å²) >= 11 is 0. The largest absolute Gasteiger partial charge is 0.103 e. The van der Waals surface area contributed by atoms with E-state index in [1.54, 1.807) is 0 Å². The number of allylic oxidation sites excluding steroid dienone is 1. The Morgan fingerprint density at radius 3 is 1.92 bits per heavy atom. The van der Waals surface area contributed by atoms with Gasteiger partial charge in [-0.1, -0.05) is 64.4 Å². The first-order chi connectivity index (χ1) is 6.41. The van der Waals surface area contributed by atoms with Gasteiger partial charge in [0.2, 0.25) is 0 Å². The van der Waals surface area contributed by atoms with Gasteiger partial charge < -0.3 is 0 Å². The van der Waals surface area contributed by atoms with E-state index < -0.39 is 0 Å². The summed E-state index contributed by atoms with van der Waals surface area (Å²) in [6.07, 6.45) is 16.6. The predicted molar refractivity (Wildman–Crippen MR) is 61.7 cm³/mol. The fraction of sp³-hybridized carbons (Fsp3) is 0.769. The fourth-order valence-corrected chi connectivity index (χ4v) is 1.51. The van der Waals surface area contributed by atoms with Gasteiger partial charge in [0, 0.05) is 0 Å². The van der Waals surface area contributed by atoms with Gasteiger partial charge in [0.15, 0.2) is 0 Å². The van der Waals surface area contributed by atoms with Crippen molar-refractivity contribution in [1.29, 1.82) is 0 Å². The van der Waals surface area contributed by atoms with Crippen LogP contribution < -0.4 is 0 Å². The van der Waals surface area contributed by atoms with Gasteiger partial charge in [0.1, 0.15) is 0 Å². The van der Waals surface area contributed by atoms with Crippen molar-refractivity contribution < 1.29 is 0 Å². The third-order valence-corrected chi connectivity index (χ3v) is 2.39. The lowest BCUT2D eigenvalue weighted by Gasteiger charge is -2.00. The minimum absolute atomic E-state index is 1.22. The maximum Gasteiger partial charge on any atom is -0.0173 e. The summed E-state index contributed by atoms with van der Waals surface area (Å²) in [6.45, 7) is 5.94. The molecule has 0 nitrogen and oxygen atoms in total. The van der Waals surface area contributed by atoms with E-state index in [0.717, 1.165) is 0 Å². The maximum atomic E-state index is 3.67. The summed E-state index contributed by atoms with van der Waals surface area (Å²) in [5.41, 5.74) is 0. The average molecular weight is 181 g/mol. The molecule has 77 valence electrons. The lowest BCUT2D eigenvalue weighted by molar-refractivity contribution is 0.575. The van der Waals surface area contributed by atoms with E-state index in [4.69, 9.17) is 0 Å². The van der Waals surface area contributed by atoms with E-state index in [0.29, 0.717) is 0 Å². The molecule has 0 aliphatic heterocycles. The van der Waals surface area contributed by atoms with Gasteiger partial charge in [-0.25, -0.2) is 0 Å². The van der Waals surface area contributed by atoms with Crippen LogP contribution in [0.3, 0.4) is 0 Å². The van der Waals surface area contributed by atoms with Crippen LogP contribution in [0.2, 0.25) is 0 Å². The number of hydrogen-bond acceptors (Lipinski definition) is 0. The summed E-state index contributed by atoms with van der Waals surface area (Å²) in [7, 11) is 0. The van der Waals surface area contributed by atoms with E-state index in [9.17, 15) is 0 Å². The first kappa shape index (κ1) is 12.7. The molecular formula is C13H25. The van der Waals surface area contributed by atoms with Crippen LogP contribution in [0.15, 0.2) is 12.7 Å². The molecule has 0 heterocycles. The summed E-state index contributed by atoms with van der Waals surface area (Å²) < 4.78 is 0. The molecule has 0 aromatic heterocycles.